The van der Waals surface area contributed by atoms with Gasteiger partial charge in [0, 0.05) is 32.4 Å². The Kier molecular flexibility index (Phi) is 5.32. The standard InChI is InChI=1S/C22H25FN4O3/c1-14-10-15(2)20(24-12-14)25-6-8-26(9-7-25)21(28)18-5-4-17(11-19(18)23)27-16(3)13-30-22(27)29/h4-5,10-12,16H,6-9,13H2,1-3H3. The number of carbonyl (C=O) groups is 2. The number of benzene rings is 1. The SMILES string of the molecule is Cc1cnc(N2CCN(C(=O)c3ccc(N4C(=O)OCC4C)cc3F)CC2)c(C)c1. The van der Waals surface area contributed by atoms with Crippen LogP contribution in [0.5, 0.6) is 0 Å². The molecule has 2 aliphatic heterocycles. The summed E-state index contributed by atoms with van der Waals surface area (Å²) in [6.45, 7) is 8.38. The smallest absolute Gasteiger partial charge is 0.414 e. The number of hydrogen-bond acceptors (Lipinski definition) is 5. The third kappa shape index (κ3) is 3.69. The van der Waals surface area contributed by atoms with Crippen LogP contribution in [0.1, 0.15) is 28.4 Å². The lowest BCUT2D eigenvalue weighted by atomic mass is 10.1. The Morgan fingerprint density at radius 3 is 2.50 bits per heavy atom. The van der Waals surface area contributed by atoms with E-state index in [0.717, 1.165) is 16.9 Å². The zero-order valence-corrected chi connectivity index (χ0v) is 17.4. The van der Waals surface area contributed by atoms with Crippen molar-refractivity contribution in [1.82, 2.24) is 9.88 Å². The third-order valence-corrected chi connectivity index (χ3v) is 5.60. The van der Waals surface area contributed by atoms with Crippen molar-refractivity contribution in [2.24, 2.45) is 0 Å². The highest BCUT2D eigenvalue weighted by molar-refractivity contribution is 5.96. The summed E-state index contributed by atoms with van der Waals surface area (Å²) in [5, 5.41) is 0. The van der Waals surface area contributed by atoms with Crippen molar-refractivity contribution >= 4 is 23.5 Å². The van der Waals surface area contributed by atoms with E-state index in [2.05, 4.69) is 16.0 Å². The lowest BCUT2D eigenvalue weighted by Crippen LogP contribution is -2.49. The van der Waals surface area contributed by atoms with Gasteiger partial charge < -0.3 is 14.5 Å². The Bertz CT molecular complexity index is 988. The summed E-state index contributed by atoms with van der Waals surface area (Å²) in [6, 6.07) is 6.18. The summed E-state index contributed by atoms with van der Waals surface area (Å²) in [5.41, 5.74) is 2.62. The summed E-state index contributed by atoms with van der Waals surface area (Å²) in [6.07, 6.45) is 1.34. The number of piperazine rings is 1. The quantitative estimate of drug-likeness (QED) is 0.775. The summed E-state index contributed by atoms with van der Waals surface area (Å²) >= 11 is 0. The summed E-state index contributed by atoms with van der Waals surface area (Å²) < 4.78 is 19.7. The van der Waals surface area contributed by atoms with Gasteiger partial charge in [-0.15, -0.1) is 0 Å². The highest BCUT2D eigenvalue weighted by Crippen LogP contribution is 2.26. The Labute approximate surface area is 175 Å². The van der Waals surface area contributed by atoms with Gasteiger partial charge in [-0.2, -0.15) is 0 Å². The van der Waals surface area contributed by atoms with E-state index in [4.69, 9.17) is 4.74 Å². The fraction of sp³-hybridized carbons (Fsp3) is 0.409. The first-order chi connectivity index (χ1) is 14.3. The molecule has 2 saturated heterocycles. The second-order valence-corrected chi connectivity index (χ2v) is 7.89. The molecule has 0 aliphatic carbocycles. The molecule has 0 N–H and O–H groups in total. The second kappa shape index (κ2) is 7.93. The molecular formula is C22H25FN4O3. The molecule has 30 heavy (non-hydrogen) atoms. The molecule has 0 saturated carbocycles. The number of hydrogen-bond donors (Lipinski definition) is 0. The van der Waals surface area contributed by atoms with E-state index in [1.165, 1.54) is 17.0 Å². The molecular weight excluding hydrogens is 387 g/mol. The molecule has 1 unspecified atom stereocenters. The molecule has 1 aromatic carbocycles. The van der Waals surface area contributed by atoms with Crippen molar-refractivity contribution < 1.29 is 18.7 Å². The number of rotatable bonds is 3. The van der Waals surface area contributed by atoms with Crippen molar-refractivity contribution in [2.75, 3.05) is 42.6 Å². The van der Waals surface area contributed by atoms with E-state index in [1.54, 1.807) is 11.0 Å². The minimum Gasteiger partial charge on any atom is -0.447 e. The molecule has 0 spiro atoms. The van der Waals surface area contributed by atoms with Gasteiger partial charge in [-0.3, -0.25) is 9.69 Å². The summed E-state index contributed by atoms with van der Waals surface area (Å²) in [5.74, 6) is -0.0536. The molecule has 2 aromatic rings. The van der Waals surface area contributed by atoms with Crippen LogP contribution in [-0.4, -0.2) is 60.7 Å². The number of cyclic esters (lactones) is 1. The van der Waals surface area contributed by atoms with Gasteiger partial charge in [-0.05, 0) is 50.1 Å². The van der Waals surface area contributed by atoms with E-state index in [9.17, 15) is 14.0 Å². The zero-order valence-electron chi connectivity index (χ0n) is 17.4. The molecule has 7 nitrogen and oxygen atoms in total. The maximum Gasteiger partial charge on any atom is 0.414 e. The molecule has 3 heterocycles. The molecule has 2 fully saturated rings. The monoisotopic (exact) mass is 412 g/mol. The van der Waals surface area contributed by atoms with E-state index in [-0.39, 0.29) is 24.1 Å². The minimum atomic E-state index is -0.636. The molecule has 2 amide bonds. The van der Waals surface area contributed by atoms with Gasteiger partial charge in [0.2, 0.25) is 0 Å². The van der Waals surface area contributed by atoms with Crippen LogP contribution in [-0.2, 0) is 4.74 Å². The van der Waals surface area contributed by atoms with E-state index < -0.39 is 11.9 Å². The first kappa shape index (κ1) is 20.1. The van der Waals surface area contributed by atoms with Crippen LogP contribution in [0.4, 0.5) is 20.7 Å². The van der Waals surface area contributed by atoms with Crippen molar-refractivity contribution in [3.8, 4) is 0 Å². The van der Waals surface area contributed by atoms with Crippen LogP contribution < -0.4 is 9.80 Å². The summed E-state index contributed by atoms with van der Waals surface area (Å²) in [4.78, 5) is 34.5. The number of carbonyl (C=O) groups excluding carboxylic acids is 2. The summed E-state index contributed by atoms with van der Waals surface area (Å²) in [7, 11) is 0. The van der Waals surface area contributed by atoms with E-state index >= 15 is 0 Å². The second-order valence-electron chi connectivity index (χ2n) is 7.89. The molecule has 0 bridgehead atoms. The van der Waals surface area contributed by atoms with Crippen LogP contribution in [0.15, 0.2) is 30.5 Å². The van der Waals surface area contributed by atoms with Crippen molar-refractivity contribution in [3.05, 3.63) is 53.0 Å². The molecule has 0 radical (unpaired) electrons. The van der Waals surface area contributed by atoms with Gasteiger partial charge in [0.1, 0.15) is 18.2 Å². The maximum atomic E-state index is 14.7. The fourth-order valence-electron chi connectivity index (χ4n) is 4.03. The normalized spacial score (nSPS) is 19.3. The van der Waals surface area contributed by atoms with Gasteiger partial charge in [-0.25, -0.2) is 14.2 Å². The first-order valence-corrected chi connectivity index (χ1v) is 10.1. The average molecular weight is 412 g/mol. The predicted octanol–water partition coefficient (Wildman–Crippen LogP) is 3.15. The van der Waals surface area contributed by atoms with Crippen molar-refractivity contribution in [3.63, 3.8) is 0 Å². The molecule has 2 aliphatic rings. The number of halogens is 1. The third-order valence-electron chi connectivity index (χ3n) is 5.60. The van der Waals surface area contributed by atoms with E-state index in [0.29, 0.717) is 31.9 Å². The largest absolute Gasteiger partial charge is 0.447 e. The number of ether oxygens (including phenoxy) is 1. The van der Waals surface area contributed by atoms with Gasteiger partial charge in [0.25, 0.3) is 5.91 Å². The lowest BCUT2D eigenvalue weighted by molar-refractivity contribution is 0.0742. The molecule has 1 atom stereocenters. The minimum absolute atomic E-state index is 0.0112. The number of aryl methyl sites for hydroxylation is 2. The molecule has 8 heteroatoms. The van der Waals surface area contributed by atoms with Crippen LogP contribution in [0.3, 0.4) is 0 Å². The van der Waals surface area contributed by atoms with Crippen LogP contribution in [0.25, 0.3) is 0 Å². The van der Waals surface area contributed by atoms with Gasteiger partial charge in [-0.1, -0.05) is 6.07 Å². The molecule has 1 aromatic heterocycles. The Morgan fingerprint density at radius 2 is 1.90 bits per heavy atom. The number of aromatic nitrogens is 1. The van der Waals surface area contributed by atoms with E-state index in [1.807, 2.05) is 27.0 Å². The average Bonchev–Trinajstić information content (AvgIpc) is 3.06. The Balaban J connectivity index is 1.45. The van der Waals surface area contributed by atoms with Gasteiger partial charge in [0.15, 0.2) is 0 Å². The van der Waals surface area contributed by atoms with Crippen molar-refractivity contribution in [1.29, 1.82) is 0 Å². The zero-order chi connectivity index (χ0) is 21.4. The Hall–Kier alpha value is -3.16. The van der Waals surface area contributed by atoms with Crippen LogP contribution in [0.2, 0.25) is 0 Å². The molecule has 158 valence electrons. The van der Waals surface area contributed by atoms with Crippen LogP contribution >= 0.6 is 0 Å². The lowest BCUT2D eigenvalue weighted by Gasteiger charge is -2.36. The number of pyridine rings is 1. The number of nitrogens with zero attached hydrogens (tertiary/aromatic N) is 4. The number of anilines is 2. The predicted molar refractivity (Wildman–Crippen MR) is 112 cm³/mol. The fourth-order valence-corrected chi connectivity index (χ4v) is 4.03. The highest BCUT2D eigenvalue weighted by Gasteiger charge is 2.32. The van der Waals surface area contributed by atoms with Gasteiger partial charge >= 0.3 is 6.09 Å². The maximum absolute atomic E-state index is 14.7. The highest BCUT2D eigenvalue weighted by atomic mass is 19.1. The first-order valence-electron chi connectivity index (χ1n) is 10.1. The van der Waals surface area contributed by atoms with Gasteiger partial charge in [0.05, 0.1) is 17.3 Å². The topological polar surface area (TPSA) is 66.0 Å². The van der Waals surface area contributed by atoms with Crippen LogP contribution in [0, 0.1) is 19.7 Å². The number of amides is 2. The van der Waals surface area contributed by atoms with Crippen molar-refractivity contribution in [2.45, 2.75) is 26.8 Å². The molecule has 4 rings (SSSR count). The Morgan fingerprint density at radius 1 is 1.17 bits per heavy atom.